The van der Waals surface area contributed by atoms with Crippen LogP contribution in [-0.4, -0.2) is 14.5 Å². The van der Waals surface area contributed by atoms with Gasteiger partial charge in [0.05, 0.1) is 5.52 Å². The van der Waals surface area contributed by atoms with Gasteiger partial charge in [0.15, 0.2) is 5.65 Å². The lowest BCUT2D eigenvalue weighted by Crippen LogP contribution is -2.11. The summed E-state index contributed by atoms with van der Waals surface area (Å²) in [5, 5.41) is 2.30. The van der Waals surface area contributed by atoms with Gasteiger partial charge in [-0.2, -0.15) is 0 Å². The Morgan fingerprint density at radius 1 is 1.28 bits per heavy atom. The van der Waals surface area contributed by atoms with E-state index in [1.54, 1.807) is 23.0 Å². The van der Waals surface area contributed by atoms with Crippen LogP contribution < -0.4 is 5.69 Å². The summed E-state index contributed by atoms with van der Waals surface area (Å²) >= 11 is 1.65. The predicted octanol–water partition coefficient (Wildman–Crippen LogP) is 2.63. The van der Waals surface area contributed by atoms with Crippen LogP contribution in [0.2, 0.25) is 0 Å². The number of pyridine rings is 1. The van der Waals surface area contributed by atoms with Crippen LogP contribution in [0.5, 0.6) is 0 Å². The van der Waals surface area contributed by atoms with Gasteiger partial charge in [0.1, 0.15) is 4.83 Å². The first kappa shape index (κ1) is 9.85. The third kappa shape index (κ3) is 1.14. The highest BCUT2D eigenvalue weighted by molar-refractivity contribution is 7.25. The van der Waals surface area contributed by atoms with Gasteiger partial charge in [0.25, 0.3) is 0 Å². The maximum absolute atomic E-state index is 11.6. The van der Waals surface area contributed by atoms with Crippen molar-refractivity contribution in [3.8, 4) is 0 Å². The van der Waals surface area contributed by atoms with Crippen molar-refractivity contribution < 1.29 is 0 Å². The van der Waals surface area contributed by atoms with Crippen LogP contribution in [0.1, 0.15) is 0 Å². The van der Waals surface area contributed by atoms with Gasteiger partial charge in [-0.05, 0) is 12.1 Å². The normalized spacial score (nSPS) is 11.8. The number of hydrogen-bond donors (Lipinski definition) is 1. The van der Waals surface area contributed by atoms with E-state index in [1.807, 2.05) is 18.2 Å². The van der Waals surface area contributed by atoms with Gasteiger partial charge in [-0.1, -0.05) is 18.2 Å². The summed E-state index contributed by atoms with van der Waals surface area (Å²) in [5.41, 5.74) is 1.37. The van der Waals surface area contributed by atoms with Crippen molar-refractivity contribution in [1.29, 1.82) is 0 Å². The molecule has 0 radical (unpaired) electrons. The SMILES string of the molecule is Cn1c(=O)[nH]c2nc3sc4ccccc4c3cc21. The highest BCUT2D eigenvalue weighted by atomic mass is 32.1. The first-order valence-corrected chi connectivity index (χ1v) is 6.43. The second kappa shape index (κ2) is 3.20. The van der Waals surface area contributed by atoms with Crippen LogP contribution in [0, 0.1) is 0 Å². The summed E-state index contributed by atoms with van der Waals surface area (Å²) in [6, 6.07) is 10.3. The predicted molar refractivity (Wildman–Crippen MR) is 74.2 cm³/mol. The molecule has 0 spiro atoms. The second-order valence-corrected chi connectivity index (χ2v) is 5.33. The fourth-order valence-corrected chi connectivity index (χ4v) is 3.34. The quantitative estimate of drug-likeness (QED) is 0.525. The van der Waals surface area contributed by atoms with Gasteiger partial charge < -0.3 is 0 Å². The molecule has 0 saturated carbocycles. The monoisotopic (exact) mass is 255 g/mol. The number of nitrogens with one attached hydrogen (secondary N) is 1. The van der Waals surface area contributed by atoms with Crippen LogP contribution in [0.3, 0.4) is 0 Å². The summed E-state index contributed by atoms with van der Waals surface area (Å²) in [6.45, 7) is 0. The molecule has 0 saturated heterocycles. The van der Waals surface area contributed by atoms with E-state index in [1.165, 1.54) is 10.1 Å². The smallest absolute Gasteiger partial charge is 0.294 e. The molecule has 1 N–H and O–H groups in total. The summed E-state index contributed by atoms with van der Waals surface area (Å²) in [5.74, 6) is 0. The summed E-state index contributed by atoms with van der Waals surface area (Å²) in [4.78, 5) is 19.8. The van der Waals surface area contributed by atoms with Crippen LogP contribution in [0.25, 0.3) is 31.5 Å². The number of aromatic amines is 1. The Balaban J connectivity index is 2.30. The van der Waals surface area contributed by atoms with Gasteiger partial charge in [0.2, 0.25) is 0 Å². The molecule has 0 aliphatic heterocycles. The molecule has 4 rings (SSSR count). The van der Waals surface area contributed by atoms with E-state index >= 15 is 0 Å². The van der Waals surface area contributed by atoms with Crippen LogP contribution in [-0.2, 0) is 7.05 Å². The maximum atomic E-state index is 11.6. The number of hydrogen-bond acceptors (Lipinski definition) is 3. The number of aromatic nitrogens is 3. The van der Waals surface area contributed by atoms with E-state index in [0.29, 0.717) is 5.65 Å². The topological polar surface area (TPSA) is 50.7 Å². The van der Waals surface area contributed by atoms with Crippen molar-refractivity contribution in [3.05, 3.63) is 40.8 Å². The number of H-pyrrole nitrogens is 1. The van der Waals surface area contributed by atoms with E-state index < -0.39 is 0 Å². The minimum atomic E-state index is -0.126. The molecule has 5 heteroatoms. The average molecular weight is 255 g/mol. The number of fused-ring (bicyclic) bond motifs is 4. The molecule has 1 aromatic carbocycles. The zero-order chi connectivity index (χ0) is 12.3. The van der Waals surface area contributed by atoms with Gasteiger partial charge in [-0.3, -0.25) is 9.55 Å². The van der Waals surface area contributed by atoms with Crippen molar-refractivity contribution in [2.75, 3.05) is 0 Å². The number of imidazole rings is 1. The third-order valence-corrected chi connectivity index (χ3v) is 4.32. The zero-order valence-electron chi connectivity index (χ0n) is 9.60. The summed E-state index contributed by atoms with van der Waals surface area (Å²) in [7, 11) is 1.75. The van der Waals surface area contributed by atoms with Crippen molar-refractivity contribution in [2.45, 2.75) is 0 Å². The van der Waals surface area contributed by atoms with E-state index in [-0.39, 0.29) is 5.69 Å². The Hall–Kier alpha value is -2.14. The summed E-state index contributed by atoms with van der Waals surface area (Å²) < 4.78 is 2.81. The van der Waals surface area contributed by atoms with Crippen molar-refractivity contribution in [1.82, 2.24) is 14.5 Å². The first-order valence-electron chi connectivity index (χ1n) is 5.61. The number of rotatable bonds is 0. The molecule has 88 valence electrons. The lowest BCUT2D eigenvalue weighted by molar-refractivity contribution is 0.892. The fraction of sp³-hybridized carbons (Fsp3) is 0.0769. The van der Waals surface area contributed by atoms with Crippen molar-refractivity contribution in [2.24, 2.45) is 7.05 Å². The van der Waals surface area contributed by atoms with Crippen LogP contribution in [0.4, 0.5) is 0 Å². The first-order chi connectivity index (χ1) is 8.74. The van der Waals surface area contributed by atoms with Crippen LogP contribution >= 0.6 is 11.3 Å². The lowest BCUT2D eigenvalue weighted by atomic mass is 10.2. The van der Waals surface area contributed by atoms with E-state index in [2.05, 4.69) is 22.1 Å². The Kier molecular flexibility index (Phi) is 1.75. The maximum Gasteiger partial charge on any atom is 0.327 e. The van der Waals surface area contributed by atoms with Crippen LogP contribution in [0.15, 0.2) is 35.1 Å². The standard InChI is InChI=1S/C13H9N3OS/c1-16-9-6-8-7-4-2-3-5-10(7)18-12(8)14-11(9)15-13(16)17/h2-6H,1H3,(H,14,15,17). The molecule has 0 aliphatic rings. The van der Waals surface area contributed by atoms with Gasteiger partial charge in [-0.15, -0.1) is 11.3 Å². The van der Waals surface area contributed by atoms with Gasteiger partial charge in [0, 0.05) is 22.5 Å². The molecule has 0 aliphatic carbocycles. The Morgan fingerprint density at radius 3 is 3.00 bits per heavy atom. The average Bonchev–Trinajstić information content (AvgIpc) is 2.86. The molecular formula is C13H9N3OS. The molecule has 0 atom stereocenters. The molecule has 0 fully saturated rings. The highest BCUT2D eigenvalue weighted by Crippen LogP contribution is 2.33. The van der Waals surface area contributed by atoms with E-state index in [0.717, 1.165) is 15.7 Å². The molecule has 3 aromatic heterocycles. The van der Waals surface area contributed by atoms with Crippen molar-refractivity contribution >= 4 is 42.8 Å². The molecule has 3 heterocycles. The molecule has 18 heavy (non-hydrogen) atoms. The van der Waals surface area contributed by atoms with E-state index in [9.17, 15) is 4.79 Å². The number of nitrogens with zero attached hydrogens (tertiary/aromatic N) is 2. The van der Waals surface area contributed by atoms with Gasteiger partial charge in [-0.25, -0.2) is 9.78 Å². The molecule has 4 nitrogen and oxygen atoms in total. The largest absolute Gasteiger partial charge is 0.327 e. The number of benzene rings is 1. The Bertz CT molecular complexity index is 961. The zero-order valence-corrected chi connectivity index (χ0v) is 10.4. The highest BCUT2D eigenvalue weighted by Gasteiger charge is 2.10. The molecule has 4 aromatic rings. The minimum Gasteiger partial charge on any atom is -0.294 e. The molecule has 0 bridgehead atoms. The lowest BCUT2D eigenvalue weighted by Gasteiger charge is -1.94. The minimum absolute atomic E-state index is 0.126. The number of aryl methyl sites for hydroxylation is 1. The Labute approximate surface area is 106 Å². The molecular weight excluding hydrogens is 246 g/mol. The molecule has 0 amide bonds. The van der Waals surface area contributed by atoms with E-state index in [4.69, 9.17) is 0 Å². The van der Waals surface area contributed by atoms with Crippen molar-refractivity contribution in [3.63, 3.8) is 0 Å². The Morgan fingerprint density at radius 2 is 2.11 bits per heavy atom. The number of thiophene rings is 1. The molecule has 0 unspecified atom stereocenters. The second-order valence-electron chi connectivity index (χ2n) is 4.30. The van der Waals surface area contributed by atoms with Gasteiger partial charge >= 0.3 is 5.69 Å². The fourth-order valence-electron chi connectivity index (χ4n) is 2.28. The third-order valence-electron chi connectivity index (χ3n) is 3.24. The summed E-state index contributed by atoms with van der Waals surface area (Å²) in [6.07, 6.45) is 0.